The molecule has 106 valence electrons. The normalized spacial score (nSPS) is 10.8. The summed E-state index contributed by atoms with van der Waals surface area (Å²) in [6.45, 7) is 4.10. The molecule has 3 rings (SSSR count). The first-order valence-electron chi connectivity index (χ1n) is 6.92. The molecule has 0 aliphatic carbocycles. The van der Waals surface area contributed by atoms with E-state index in [1.165, 1.54) is 0 Å². The molecule has 2 heterocycles. The third-order valence-corrected chi connectivity index (χ3v) is 3.36. The lowest BCUT2D eigenvalue weighted by Gasteiger charge is -2.05. The molecule has 0 fully saturated rings. The lowest BCUT2D eigenvalue weighted by Crippen LogP contribution is -2.07. The third kappa shape index (κ3) is 2.29. The van der Waals surface area contributed by atoms with E-state index in [0.29, 0.717) is 12.3 Å². The second-order valence-electron chi connectivity index (χ2n) is 4.78. The monoisotopic (exact) mass is 280 g/mol. The Morgan fingerprint density at radius 1 is 1.19 bits per heavy atom. The fourth-order valence-electron chi connectivity index (χ4n) is 2.42. The first-order valence-corrected chi connectivity index (χ1v) is 6.92. The molecule has 4 nitrogen and oxygen atoms in total. The molecule has 21 heavy (non-hydrogen) atoms. The summed E-state index contributed by atoms with van der Waals surface area (Å²) >= 11 is 0. The smallest absolute Gasteiger partial charge is 0.359 e. The van der Waals surface area contributed by atoms with Crippen LogP contribution in [-0.2, 0) is 4.74 Å². The van der Waals surface area contributed by atoms with Crippen LogP contribution in [0.5, 0.6) is 0 Å². The van der Waals surface area contributed by atoms with Gasteiger partial charge >= 0.3 is 5.97 Å². The van der Waals surface area contributed by atoms with Crippen molar-refractivity contribution in [2.24, 2.45) is 0 Å². The highest BCUT2D eigenvalue weighted by Gasteiger charge is 2.21. The molecule has 0 atom stereocenters. The molecule has 0 aliphatic heterocycles. The summed E-state index contributed by atoms with van der Waals surface area (Å²) in [6.07, 6.45) is 1.92. The Kier molecular flexibility index (Phi) is 3.44. The maximum atomic E-state index is 12.2. The number of benzene rings is 1. The molecule has 0 saturated carbocycles. The quantitative estimate of drug-likeness (QED) is 0.690. The Morgan fingerprint density at radius 3 is 2.67 bits per heavy atom. The highest BCUT2D eigenvalue weighted by atomic mass is 16.5. The van der Waals surface area contributed by atoms with Crippen molar-refractivity contribution in [3.63, 3.8) is 0 Å². The van der Waals surface area contributed by atoms with Crippen LogP contribution < -0.4 is 0 Å². The number of aryl methyl sites for hydroxylation is 1. The molecule has 2 aromatic heterocycles. The minimum atomic E-state index is -0.389. The van der Waals surface area contributed by atoms with Crippen LogP contribution in [-0.4, -0.2) is 22.0 Å². The summed E-state index contributed by atoms with van der Waals surface area (Å²) in [5.74, 6) is -0.389. The molecular weight excluding hydrogens is 264 g/mol. The number of fused-ring (bicyclic) bond motifs is 1. The van der Waals surface area contributed by atoms with Gasteiger partial charge in [-0.05, 0) is 25.5 Å². The Labute approximate surface area is 123 Å². The van der Waals surface area contributed by atoms with Crippen molar-refractivity contribution < 1.29 is 9.53 Å². The number of nitrogens with zero attached hydrogens (tertiary/aromatic N) is 2. The summed E-state index contributed by atoms with van der Waals surface area (Å²) in [7, 11) is 0. The molecule has 0 unspecified atom stereocenters. The van der Waals surface area contributed by atoms with Crippen LogP contribution >= 0.6 is 0 Å². The number of rotatable bonds is 3. The molecule has 0 radical (unpaired) electrons. The second-order valence-corrected chi connectivity index (χ2v) is 4.78. The molecule has 0 bridgehead atoms. The molecule has 3 aromatic rings. The van der Waals surface area contributed by atoms with Gasteiger partial charge in [0.1, 0.15) is 5.65 Å². The lowest BCUT2D eigenvalue weighted by molar-refractivity contribution is 0.0521. The number of esters is 1. The van der Waals surface area contributed by atoms with E-state index < -0.39 is 0 Å². The van der Waals surface area contributed by atoms with Crippen LogP contribution in [0, 0.1) is 6.92 Å². The average Bonchev–Trinajstić information content (AvgIpc) is 2.89. The van der Waals surface area contributed by atoms with Gasteiger partial charge in [-0.25, -0.2) is 9.78 Å². The van der Waals surface area contributed by atoms with Crippen molar-refractivity contribution >= 4 is 11.6 Å². The largest absolute Gasteiger partial charge is 0.461 e. The van der Waals surface area contributed by atoms with E-state index in [0.717, 1.165) is 22.5 Å². The fourth-order valence-corrected chi connectivity index (χ4v) is 2.42. The first kappa shape index (κ1) is 13.4. The number of pyridine rings is 1. The van der Waals surface area contributed by atoms with Crippen molar-refractivity contribution in [3.8, 4) is 11.3 Å². The van der Waals surface area contributed by atoms with E-state index in [2.05, 4.69) is 4.98 Å². The summed E-state index contributed by atoms with van der Waals surface area (Å²) in [6, 6.07) is 13.7. The Bertz CT molecular complexity index is 791. The van der Waals surface area contributed by atoms with Crippen molar-refractivity contribution in [3.05, 3.63) is 59.9 Å². The van der Waals surface area contributed by atoms with E-state index in [1.807, 2.05) is 60.0 Å². The summed E-state index contributed by atoms with van der Waals surface area (Å²) in [4.78, 5) is 16.7. The molecular formula is C17H16N2O2. The van der Waals surface area contributed by atoms with Gasteiger partial charge in [0, 0.05) is 11.8 Å². The number of hydrogen-bond donors (Lipinski definition) is 0. The van der Waals surface area contributed by atoms with Crippen molar-refractivity contribution in [2.75, 3.05) is 6.61 Å². The standard InChI is InChI=1S/C17H16N2O2/c1-3-21-17(20)14-15(13-9-5-4-6-10-13)19-11-7-8-12(2)16(19)18-14/h4-11H,3H2,1-2H3. The van der Waals surface area contributed by atoms with Crippen LogP contribution in [0.4, 0.5) is 0 Å². The van der Waals surface area contributed by atoms with Gasteiger partial charge in [-0.15, -0.1) is 0 Å². The number of aromatic nitrogens is 2. The van der Waals surface area contributed by atoms with Crippen molar-refractivity contribution in [1.82, 2.24) is 9.38 Å². The number of carbonyl (C=O) groups excluding carboxylic acids is 1. The van der Waals surface area contributed by atoms with Gasteiger partial charge in [0.05, 0.1) is 12.3 Å². The maximum absolute atomic E-state index is 12.2. The number of carbonyl (C=O) groups is 1. The molecule has 0 aliphatic rings. The SMILES string of the molecule is CCOC(=O)c1nc2c(C)cccn2c1-c1ccccc1. The Balaban J connectivity index is 2.31. The van der Waals surface area contributed by atoms with E-state index in [4.69, 9.17) is 4.74 Å². The van der Waals surface area contributed by atoms with Crippen LogP contribution in [0.25, 0.3) is 16.9 Å². The van der Waals surface area contributed by atoms with Gasteiger partial charge < -0.3 is 4.74 Å². The van der Waals surface area contributed by atoms with E-state index in [1.54, 1.807) is 6.92 Å². The zero-order chi connectivity index (χ0) is 14.8. The Morgan fingerprint density at radius 2 is 1.95 bits per heavy atom. The zero-order valence-corrected chi connectivity index (χ0v) is 12.0. The van der Waals surface area contributed by atoms with Crippen molar-refractivity contribution in [1.29, 1.82) is 0 Å². The van der Waals surface area contributed by atoms with Gasteiger partial charge in [-0.2, -0.15) is 0 Å². The van der Waals surface area contributed by atoms with E-state index in [-0.39, 0.29) is 5.97 Å². The summed E-state index contributed by atoms with van der Waals surface area (Å²) in [5, 5.41) is 0. The average molecular weight is 280 g/mol. The minimum absolute atomic E-state index is 0.333. The summed E-state index contributed by atoms with van der Waals surface area (Å²) in [5.41, 5.74) is 3.87. The van der Waals surface area contributed by atoms with Gasteiger partial charge in [-0.3, -0.25) is 4.40 Å². The van der Waals surface area contributed by atoms with Gasteiger partial charge in [0.2, 0.25) is 0 Å². The second kappa shape index (κ2) is 5.40. The predicted molar refractivity (Wildman–Crippen MR) is 81.3 cm³/mol. The number of ether oxygens (including phenoxy) is 1. The van der Waals surface area contributed by atoms with Gasteiger partial charge in [-0.1, -0.05) is 36.4 Å². The van der Waals surface area contributed by atoms with Crippen molar-refractivity contribution in [2.45, 2.75) is 13.8 Å². The fraction of sp³-hybridized carbons (Fsp3) is 0.176. The minimum Gasteiger partial charge on any atom is -0.461 e. The van der Waals surface area contributed by atoms with E-state index >= 15 is 0 Å². The molecule has 1 aromatic carbocycles. The third-order valence-electron chi connectivity index (χ3n) is 3.36. The highest BCUT2D eigenvalue weighted by molar-refractivity contribution is 5.96. The lowest BCUT2D eigenvalue weighted by atomic mass is 10.1. The highest BCUT2D eigenvalue weighted by Crippen LogP contribution is 2.26. The first-order chi connectivity index (χ1) is 10.2. The van der Waals surface area contributed by atoms with Gasteiger partial charge in [0.15, 0.2) is 5.69 Å². The molecule has 0 amide bonds. The zero-order valence-electron chi connectivity index (χ0n) is 12.0. The van der Waals surface area contributed by atoms with Crippen LogP contribution in [0.2, 0.25) is 0 Å². The maximum Gasteiger partial charge on any atom is 0.359 e. The topological polar surface area (TPSA) is 43.6 Å². The van der Waals surface area contributed by atoms with Crippen LogP contribution in [0.1, 0.15) is 23.0 Å². The molecule has 4 heteroatoms. The predicted octanol–water partition coefficient (Wildman–Crippen LogP) is 3.49. The molecule has 0 N–H and O–H groups in total. The van der Waals surface area contributed by atoms with E-state index in [9.17, 15) is 4.79 Å². The molecule has 0 spiro atoms. The van der Waals surface area contributed by atoms with Crippen LogP contribution in [0.3, 0.4) is 0 Å². The number of hydrogen-bond acceptors (Lipinski definition) is 3. The summed E-state index contributed by atoms with van der Waals surface area (Å²) < 4.78 is 7.09. The van der Waals surface area contributed by atoms with Gasteiger partial charge in [0.25, 0.3) is 0 Å². The van der Waals surface area contributed by atoms with Crippen LogP contribution in [0.15, 0.2) is 48.7 Å². The Hall–Kier alpha value is -2.62. The molecule has 0 saturated heterocycles. The number of imidazole rings is 1.